The van der Waals surface area contributed by atoms with E-state index in [2.05, 4.69) is 5.32 Å². The second-order valence-electron chi connectivity index (χ2n) is 6.26. The fourth-order valence-electron chi connectivity index (χ4n) is 2.74. The molecular weight excluding hydrogens is 388 g/mol. The number of nitrogens with one attached hydrogen (secondary N) is 1. The van der Waals surface area contributed by atoms with Gasteiger partial charge >= 0.3 is 0 Å². The van der Waals surface area contributed by atoms with Crippen LogP contribution in [0.2, 0.25) is 0 Å². The standard InChI is InChI=1S/C22H28N2O6/c1-4-28-18-9-6-15(12-20(18)29-5-2)10-11-24-21(25)14-30-19-13-16(27-3)7-8-17(19)22(23)26/h6-9,12-13H,4-5,10-11,14H2,1-3H3,(H2,23,26)(H,24,25). The summed E-state index contributed by atoms with van der Waals surface area (Å²) in [5.74, 6) is 1.12. The van der Waals surface area contributed by atoms with E-state index < -0.39 is 5.91 Å². The molecule has 2 aromatic carbocycles. The molecular formula is C22H28N2O6. The summed E-state index contributed by atoms with van der Waals surface area (Å²) in [6, 6.07) is 10.3. The Kier molecular flexibility index (Phi) is 8.80. The maximum atomic E-state index is 12.1. The van der Waals surface area contributed by atoms with E-state index in [1.165, 1.54) is 19.2 Å². The highest BCUT2D eigenvalue weighted by Crippen LogP contribution is 2.28. The van der Waals surface area contributed by atoms with Crippen LogP contribution in [0.3, 0.4) is 0 Å². The maximum absolute atomic E-state index is 12.1. The van der Waals surface area contributed by atoms with Gasteiger partial charge in [0.05, 0.1) is 25.9 Å². The molecule has 0 aliphatic carbocycles. The van der Waals surface area contributed by atoms with Crippen molar-refractivity contribution in [3.8, 4) is 23.0 Å². The average Bonchev–Trinajstić information content (AvgIpc) is 2.74. The number of hydrogen-bond acceptors (Lipinski definition) is 6. The zero-order chi connectivity index (χ0) is 21.9. The Morgan fingerprint density at radius 2 is 1.67 bits per heavy atom. The highest BCUT2D eigenvalue weighted by molar-refractivity contribution is 5.96. The van der Waals surface area contributed by atoms with Crippen molar-refractivity contribution < 1.29 is 28.5 Å². The van der Waals surface area contributed by atoms with Crippen LogP contribution in [0.1, 0.15) is 29.8 Å². The van der Waals surface area contributed by atoms with Gasteiger partial charge in [-0.1, -0.05) is 6.07 Å². The van der Waals surface area contributed by atoms with Gasteiger partial charge in [-0.25, -0.2) is 0 Å². The third kappa shape index (κ3) is 6.58. The van der Waals surface area contributed by atoms with Crippen LogP contribution in [0.15, 0.2) is 36.4 Å². The number of primary amides is 1. The molecule has 3 N–H and O–H groups in total. The van der Waals surface area contributed by atoms with Gasteiger partial charge in [-0.3, -0.25) is 9.59 Å². The van der Waals surface area contributed by atoms with Crippen LogP contribution >= 0.6 is 0 Å². The molecule has 8 nitrogen and oxygen atoms in total. The molecule has 0 aliphatic heterocycles. The zero-order valence-corrected chi connectivity index (χ0v) is 17.5. The molecule has 0 heterocycles. The van der Waals surface area contributed by atoms with Crippen molar-refractivity contribution in [3.05, 3.63) is 47.5 Å². The van der Waals surface area contributed by atoms with Crippen molar-refractivity contribution in [2.24, 2.45) is 5.73 Å². The Morgan fingerprint density at radius 3 is 2.33 bits per heavy atom. The van der Waals surface area contributed by atoms with E-state index in [1.807, 2.05) is 32.0 Å². The number of carbonyl (C=O) groups excluding carboxylic acids is 2. The molecule has 0 spiro atoms. The third-order valence-electron chi connectivity index (χ3n) is 4.16. The van der Waals surface area contributed by atoms with Gasteiger partial charge in [0.1, 0.15) is 11.5 Å². The predicted octanol–water partition coefficient (Wildman–Crippen LogP) is 2.33. The smallest absolute Gasteiger partial charge is 0.257 e. The highest BCUT2D eigenvalue weighted by atomic mass is 16.5. The normalized spacial score (nSPS) is 10.2. The predicted molar refractivity (Wildman–Crippen MR) is 113 cm³/mol. The summed E-state index contributed by atoms with van der Waals surface area (Å²) < 4.78 is 21.7. The molecule has 0 fully saturated rings. The molecule has 162 valence electrons. The summed E-state index contributed by atoms with van der Waals surface area (Å²) in [6.45, 7) is 5.09. The first-order valence-corrected chi connectivity index (χ1v) is 9.74. The molecule has 2 aromatic rings. The van der Waals surface area contributed by atoms with Gasteiger partial charge in [0.25, 0.3) is 11.8 Å². The van der Waals surface area contributed by atoms with E-state index in [-0.39, 0.29) is 23.8 Å². The lowest BCUT2D eigenvalue weighted by molar-refractivity contribution is -0.123. The molecule has 0 aliphatic rings. The summed E-state index contributed by atoms with van der Waals surface area (Å²) in [5, 5.41) is 2.79. The van der Waals surface area contributed by atoms with E-state index in [4.69, 9.17) is 24.7 Å². The topological polar surface area (TPSA) is 109 Å². The second-order valence-corrected chi connectivity index (χ2v) is 6.26. The van der Waals surface area contributed by atoms with Gasteiger partial charge in [0.2, 0.25) is 0 Å². The quantitative estimate of drug-likeness (QED) is 0.550. The van der Waals surface area contributed by atoms with Crippen molar-refractivity contribution in [1.82, 2.24) is 5.32 Å². The molecule has 0 saturated heterocycles. The van der Waals surface area contributed by atoms with E-state index in [0.717, 1.165) is 5.56 Å². The third-order valence-corrected chi connectivity index (χ3v) is 4.16. The van der Waals surface area contributed by atoms with Gasteiger partial charge in [-0.2, -0.15) is 0 Å². The fourth-order valence-corrected chi connectivity index (χ4v) is 2.74. The van der Waals surface area contributed by atoms with E-state index in [1.54, 1.807) is 6.07 Å². The highest BCUT2D eigenvalue weighted by Gasteiger charge is 2.13. The van der Waals surface area contributed by atoms with Gasteiger partial charge in [-0.05, 0) is 50.1 Å². The number of carbonyl (C=O) groups is 2. The van der Waals surface area contributed by atoms with E-state index in [0.29, 0.717) is 43.4 Å². The van der Waals surface area contributed by atoms with Crippen molar-refractivity contribution in [1.29, 1.82) is 0 Å². The first-order chi connectivity index (χ1) is 14.5. The summed E-state index contributed by atoms with van der Waals surface area (Å²) in [6.07, 6.45) is 0.615. The van der Waals surface area contributed by atoms with Crippen LogP contribution in [0.4, 0.5) is 0 Å². The van der Waals surface area contributed by atoms with Crippen molar-refractivity contribution >= 4 is 11.8 Å². The molecule has 2 rings (SSSR count). The number of rotatable bonds is 12. The number of amides is 2. The SMILES string of the molecule is CCOc1ccc(CCNC(=O)COc2cc(OC)ccc2C(N)=O)cc1OCC. The summed E-state index contributed by atoms with van der Waals surface area (Å²) >= 11 is 0. The number of benzene rings is 2. The Bertz CT molecular complexity index is 869. The van der Waals surface area contributed by atoms with Crippen LogP contribution in [0, 0.1) is 0 Å². The molecule has 0 radical (unpaired) electrons. The lowest BCUT2D eigenvalue weighted by Crippen LogP contribution is -2.31. The summed E-state index contributed by atoms with van der Waals surface area (Å²) in [5.41, 5.74) is 6.53. The molecule has 8 heteroatoms. The minimum Gasteiger partial charge on any atom is -0.497 e. The van der Waals surface area contributed by atoms with Crippen LogP contribution in [-0.2, 0) is 11.2 Å². The van der Waals surface area contributed by atoms with Crippen LogP contribution in [0.5, 0.6) is 23.0 Å². The number of ether oxygens (including phenoxy) is 4. The molecule has 0 unspecified atom stereocenters. The molecule has 30 heavy (non-hydrogen) atoms. The minimum atomic E-state index is -0.645. The number of methoxy groups -OCH3 is 1. The van der Waals surface area contributed by atoms with Crippen molar-refractivity contribution in [2.45, 2.75) is 20.3 Å². The minimum absolute atomic E-state index is 0.182. The number of hydrogen-bond donors (Lipinski definition) is 2. The molecule has 0 atom stereocenters. The number of nitrogens with two attached hydrogens (primary N) is 1. The molecule has 2 amide bonds. The van der Waals surface area contributed by atoms with Gasteiger partial charge < -0.3 is 30.0 Å². The Morgan fingerprint density at radius 1 is 0.933 bits per heavy atom. The first-order valence-electron chi connectivity index (χ1n) is 9.74. The average molecular weight is 416 g/mol. The van der Waals surface area contributed by atoms with Crippen LogP contribution < -0.4 is 30.0 Å². The van der Waals surface area contributed by atoms with E-state index >= 15 is 0 Å². The summed E-state index contributed by atoms with van der Waals surface area (Å²) in [7, 11) is 1.49. The van der Waals surface area contributed by atoms with Gasteiger partial charge in [-0.15, -0.1) is 0 Å². The lowest BCUT2D eigenvalue weighted by atomic mass is 10.1. The molecule has 0 saturated carbocycles. The van der Waals surface area contributed by atoms with Crippen LogP contribution in [0.25, 0.3) is 0 Å². The van der Waals surface area contributed by atoms with Crippen molar-refractivity contribution in [2.75, 3.05) is 33.5 Å². The second kappa shape index (κ2) is 11.5. The summed E-state index contributed by atoms with van der Waals surface area (Å²) in [4.78, 5) is 23.6. The van der Waals surface area contributed by atoms with Crippen LogP contribution in [-0.4, -0.2) is 45.3 Å². The van der Waals surface area contributed by atoms with Crippen molar-refractivity contribution in [3.63, 3.8) is 0 Å². The fraction of sp³-hybridized carbons (Fsp3) is 0.364. The monoisotopic (exact) mass is 416 g/mol. The largest absolute Gasteiger partial charge is 0.497 e. The molecule has 0 bridgehead atoms. The molecule has 0 aromatic heterocycles. The van der Waals surface area contributed by atoms with E-state index in [9.17, 15) is 9.59 Å². The Labute approximate surface area is 176 Å². The van der Waals surface area contributed by atoms with Gasteiger partial charge in [0, 0.05) is 12.6 Å². The van der Waals surface area contributed by atoms with Gasteiger partial charge in [0.15, 0.2) is 18.1 Å². The maximum Gasteiger partial charge on any atom is 0.257 e. The first kappa shape index (κ1) is 22.9. The zero-order valence-electron chi connectivity index (χ0n) is 17.5. The Hall–Kier alpha value is -3.42. The lowest BCUT2D eigenvalue weighted by Gasteiger charge is -2.13. The Balaban J connectivity index is 1.88.